The van der Waals surface area contributed by atoms with Gasteiger partial charge in [0, 0.05) is 6.54 Å². The van der Waals surface area contributed by atoms with Crippen molar-refractivity contribution in [2.75, 3.05) is 37.8 Å². The van der Waals surface area contributed by atoms with Crippen molar-refractivity contribution in [2.45, 2.75) is 24.8 Å². The topological polar surface area (TPSA) is 126 Å². The molecule has 1 unspecified atom stereocenters. The number of sulfonamides is 2. The monoisotopic (exact) mass is 485 g/mol. The summed E-state index contributed by atoms with van der Waals surface area (Å²) < 4.78 is 65.3. The van der Waals surface area contributed by atoms with Gasteiger partial charge in [0.15, 0.2) is 0 Å². The number of benzene rings is 1. The van der Waals surface area contributed by atoms with Gasteiger partial charge < -0.3 is 9.15 Å². The number of carbonyl (C=O) groups is 1. The first-order valence-electron chi connectivity index (χ1n) is 9.75. The number of carbonyl (C=O) groups excluding carboxylic acids is 1. The summed E-state index contributed by atoms with van der Waals surface area (Å²) >= 11 is 0. The van der Waals surface area contributed by atoms with Crippen molar-refractivity contribution in [3.05, 3.63) is 42.4 Å². The summed E-state index contributed by atoms with van der Waals surface area (Å²) in [5.41, 5.74) is -1.17. The molecular formula is C20H27N3O7S2. The van der Waals surface area contributed by atoms with E-state index in [1.807, 2.05) is 0 Å². The zero-order chi connectivity index (χ0) is 23.9. The molecule has 0 bridgehead atoms. The molecule has 32 heavy (non-hydrogen) atoms. The van der Waals surface area contributed by atoms with Crippen LogP contribution in [-0.2, 0) is 24.8 Å². The third-order valence-corrected chi connectivity index (χ3v) is 8.68. The van der Waals surface area contributed by atoms with Gasteiger partial charge in [0.1, 0.15) is 16.4 Å². The van der Waals surface area contributed by atoms with Crippen LogP contribution in [-0.4, -0.2) is 61.1 Å². The van der Waals surface area contributed by atoms with E-state index in [-0.39, 0.29) is 34.7 Å². The lowest BCUT2D eigenvalue weighted by molar-refractivity contribution is -0.123. The van der Waals surface area contributed by atoms with Gasteiger partial charge in [-0.25, -0.2) is 25.9 Å². The first-order chi connectivity index (χ1) is 14.8. The van der Waals surface area contributed by atoms with Crippen molar-refractivity contribution in [3.8, 4) is 5.75 Å². The number of ether oxygens (including phenoxy) is 1. The number of hydrogen-bond donors (Lipinski definition) is 1. The van der Waals surface area contributed by atoms with Crippen LogP contribution < -0.4 is 13.8 Å². The van der Waals surface area contributed by atoms with E-state index in [1.54, 1.807) is 31.1 Å². The maximum absolute atomic E-state index is 13.2. The second-order valence-corrected chi connectivity index (χ2v) is 11.9. The lowest BCUT2D eigenvalue weighted by atomic mass is 9.95. The number of hydrogen-bond acceptors (Lipinski definition) is 8. The number of rotatable bonds is 8. The molecule has 1 N–H and O–H groups in total. The van der Waals surface area contributed by atoms with Gasteiger partial charge in [0.05, 0.1) is 36.3 Å². The molecule has 0 aliphatic carbocycles. The molecule has 0 saturated carbocycles. The molecule has 1 aromatic heterocycles. The Bertz CT molecular complexity index is 1200. The van der Waals surface area contributed by atoms with Crippen LogP contribution >= 0.6 is 0 Å². The second-order valence-electron chi connectivity index (χ2n) is 8.39. The molecule has 1 fully saturated rings. The number of likely N-dealkylation sites (N-methyl/N-ethyl adjacent to an activating group) is 1. The summed E-state index contributed by atoms with van der Waals surface area (Å²) in [7, 11) is -3.19. The van der Waals surface area contributed by atoms with Crippen molar-refractivity contribution in [3.63, 3.8) is 0 Å². The van der Waals surface area contributed by atoms with E-state index in [2.05, 4.69) is 4.72 Å². The fraction of sp³-hybridized carbons (Fsp3) is 0.450. The predicted molar refractivity (Wildman–Crippen MR) is 118 cm³/mol. The molecule has 0 spiro atoms. The molecule has 1 aliphatic heterocycles. The fourth-order valence-corrected chi connectivity index (χ4v) is 6.87. The Balaban J connectivity index is 1.97. The van der Waals surface area contributed by atoms with E-state index in [9.17, 15) is 21.6 Å². The summed E-state index contributed by atoms with van der Waals surface area (Å²) in [6.07, 6.45) is 1.50. The Kier molecular flexibility index (Phi) is 6.44. The molecule has 10 nitrogen and oxygen atoms in total. The molecule has 1 atom stereocenters. The number of nitrogens with zero attached hydrogens (tertiary/aromatic N) is 2. The van der Waals surface area contributed by atoms with Crippen molar-refractivity contribution < 1.29 is 30.8 Å². The maximum atomic E-state index is 13.2. The minimum absolute atomic E-state index is 0.00972. The van der Waals surface area contributed by atoms with Crippen LogP contribution in [0.3, 0.4) is 0 Å². The Morgan fingerprint density at radius 3 is 2.47 bits per heavy atom. The second kappa shape index (κ2) is 8.50. The van der Waals surface area contributed by atoms with Gasteiger partial charge in [-0.15, -0.1) is 0 Å². The average molecular weight is 486 g/mol. The molecule has 3 rings (SSSR count). The highest BCUT2D eigenvalue weighted by molar-refractivity contribution is 7.94. The van der Waals surface area contributed by atoms with E-state index in [0.29, 0.717) is 10.1 Å². The quantitative estimate of drug-likeness (QED) is 0.597. The van der Waals surface area contributed by atoms with Crippen LogP contribution in [0.15, 0.2) is 45.9 Å². The van der Waals surface area contributed by atoms with Crippen LogP contribution in [0.4, 0.5) is 5.69 Å². The molecule has 12 heteroatoms. The minimum atomic E-state index is -4.13. The number of anilines is 1. The van der Waals surface area contributed by atoms with Crippen molar-refractivity contribution >= 4 is 31.6 Å². The van der Waals surface area contributed by atoms with Crippen molar-refractivity contribution in [2.24, 2.45) is 5.41 Å². The van der Waals surface area contributed by atoms with Gasteiger partial charge in [-0.2, -0.15) is 0 Å². The molecule has 1 amide bonds. The highest BCUT2D eigenvalue weighted by Crippen LogP contribution is 2.38. The first-order valence-corrected chi connectivity index (χ1v) is 12.8. The van der Waals surface area contributed by atoms with E-state index in [0.717, 1.165) is 6.07 Å². The van der Waals surface area contributed by atoms with Crippen LogP contribution in [0.1, 0.15) is 25.6 Å². The average Bonchev–Trinajstić information content (AvgIpc) is 3.26. The Hall–Kier alpha value is -2.41. The zero-order valence-corrected chi connectivity index (χ0v) is 20.2. The molecule has 0 radical (unpaired) electrons. The first kappa shape index (κ1) is 24.2. The smallest absolute Gasteiger partial charge is 0.247 e. The van der Waals surface area contributed by atoms with E-state index >= 15 is 0 Å². The SMILES string of the molecule is COc1ccc(N2C(=O)C(C)(C)CS2(=O)=O)cc1S(=O)(=O)NCC(c1ccco1)N(C)C. The van der Waals surface area contributed by atoms with Crippen molar-refractivity contribution in [1.82, 2.24) is 9.62 Å². The Morgan fingerprint density at radius 2 is 1.97 bits per heavy atom. The summed E-state index contributed by atoms with van der Waals surface area (Å²) in [5.74, 6) is -0.387. The normalized spacial score (nSPS) is 18.8. The highest BCUT2D eigenvalue weighted by Gasteiger charge is 2.50. The van der Waals surface area contributed by atoms with Gasteiger partial charge in [-0.05, 0) is 58.3 Å². The number of methoxy groups -OCH3 is 1. The third-order valence-electron chi connectivity index (χ3n) is 5.22. The van der Waals surface area contributed by atoms with Gasteiger partial charge >= 0.3 is 0 Å². The summed E-state index contributed by atoms with van der Waals surface area (Å²) in [6.45, 7) is 3.06. The number of furan rings is 1. The van der Waals surface area contributed by atoms with Gasteiger partial charge in [0.2, 0.25) is 26.0 Å². The predicted octanol–water partition coefficient (Wildman–Crippen LogP) is 1.57. The molecular weight excluding hydrogens is 458 g/mol. The lowest BCUT2D eigenvalue weighted by Crippen LogP contribution is -2.35. The molecule has 1 aliphatic rings. The van der Waals surface area contributed by atoms with E-state index < -0.39 is 31.4 Å². The van der Waals surface area contributed by atoms with Crippen LogP contribution in [0.5, 0.6) is 5.75 Å². The standard InChI is InChI=1S/C20H27N3O7S2/c1-20(2)13-31(25,26)23(19(20)24)14-8-9-17(29-5)18(11-14)32(27,28)21-12-15(22(3)4)16-7-6-10-30-16/h6-11,15,21H,12-13H2,1-5H3. The zero-order valence-electron chi connectivity index (χ0n) is 18.5. The number of nitrogens with one attached hydrogen (secondary N) is 1. The summed E-state index contributed by atoms with van der Waals surface area (Å²) in [4.78, 5) is 14.2. The largest absolute Gasteiger partial charge is 0.495 e. The maximum Gasteiger partial charge on any atom is 0.247 e. The minimum Gasteiger partial charge on any atom is -0.495 e. The van der Waals surface area contributed by atoms with E-state index in [1.165, 1.54) is 39.4 Å². The lowest BCUT2D eigenvalue weighted by Gasteiger charge is -2.23. The van der Waals surface area contributed by atoms with Gasteiger partial charge in [-0.3, -0.25) is 9.69 Å². The van der Waals surface area contributed by atoms with Gasteiger partial charge in [0.25, 0.3) is 0 Å². The molecule has 2 aromatic rings. The molecule has 2 heterocycles. The summed E-state index contributed by atoms with van der Waals surface area (Å²) in [6, 6.07) is 6.88. The van der Waals surface area contributed by atoms with Gasteiger partial charge in [-0.1, -0.05) is 0 Å². The third kappa shape index (κ3) is 4.53. The van der Waals surface area contributed by atoms with Crippen LogP contribution in [0, 0.1) is 5.41 Å². The Morgan fingerprint density at radius 1 is 1.28 bits per heavy atom. The molecule has 1 saturated heterocycles. The van der Waals surface area contributed by atoms with Crippen molar-refractivity contribution in [1.29, 1.82) is 0 Å². The Labute approximate surface area is 188 Å². The van der Waals surface area contributed by atoms with Crippen LogP contribution in [0.25, 0.3) is 0 Å². The fourth-order valence-electron chi connectivity index (χ4n) is 3.55. The highest BCUT2D eigenvalue weighted by atomic mass is 32.2. The summed E-state index contributed by atoms with van der Waals surface area (Å²) in [5, 5.41) is 0. The molecule has 176 valence electrons. The van der Waals surface area contributed by atoms with Crippen LogP contribution in [0.2, 0.25) is 0 Å². The number of amides is 1. The van der Waals surface area contributed by atoms with E-state index in [4.69, 9.17) is 9.15 Å². The molecule has 1 aromatic carbocycles.